The second-order valence-corrected chi connectivity index (χ2v) is 9.96. The number of nitrogens with zero attached hydrogens (tertiary/aromatic N) is 1. The lowest BCUT2D eigenvalue weighted by Gasteiger charge is -2.31. The third kappa shape index (κ3) is 4.72. The van der Waals surface area contributed by atoms with Crippen LogP contribution in [0.4, 0.5) is 11.4 Å². The van der Waals surface area contributed by atoms with Crippen LogP contribution in [-0.4, -0.2) is 0 Å². The van der Waals surface area contributed by atoms with Gasteiger partial charge >= 0.3 is 0 Å². The molecule has 0 amide bonds. The molecule has 1 fully saturated rings. The maximum absolute atomic E-state index is 4.12. The summed E-state index contributed by atoms with van der Waals surface area (Å²) in [6.45, 7) is 20.0. The first-order chi connectivity index (χ1) is 15.3. The molecule has 1 saturated carbocycles. The van der Waals surface area contributed by atoms with Crippen molar-refractivity contribution >= 4 is 11.4 Å². The highest BCUT2D eigenvalue weighted by Crippen LogP contribution is 2.51. The van der Waals surface area contributed by atoms with Gasteiger partial charge in [0.1, 0.15) is 0 Å². The predicted octanol–water partition coefficient (Wildman–Crippen LogP) is 9.51. The summed E-state index contributed by atoms with van der Waals surface area (Å²) >= 11 is 0. The van der Waals surface area contributed by atoms with Gasteiger partial charge < -0.3 is 4.90 Å². The molecule has 1 nitrogen and oxygen atoms in total. The Morgan fingerprint density at radius 1 is 1.06 bits per heavy atom. The molecular formula is C31H43N. The monoisotopic (exact) mass is 429 g/mol. The predicted molar refractivity (Wildman–Crippen MR) is 142 cm³/mol. The SMILES string of the molecule is C=C/C(=C\C)N(c1ccc(C(C)(CC)CC)cc1)c1c(C)cc(C2CC2CCC)cc1C. The van der Waals surface area contributed by atoms with Crippen LogP contribution in [0.1, 0.15) is 94.9 Å². The number of allylic oxidation sites excluding steroid dienone is 2. The molecule has 0 heterocycles. The summed E-state index contributed by atoms with van der Waals surface area (Å²) in [5.41, 5.74) is 9.49. The van der Waals surface area contributed by atoms with Crippen LogP contribution < -0.4 is 4.90 Å². The number of aryl methyl sites for hydroxylation is 2. The first-order valence-corrected chi connectivity index (χ1v) is 12.6. The van der Waals surface area contributed by atoms with E-state index in [0.29, 0.717) is 0 Å². The Morgan fingerprint density at radius 2 is 1.66 bits per heavy atom. The average molecular weight is 430 g/mol. The van der Waals surface area contributed by atoms with E-state index in [1.807, 2.05) is 6.08 Å². The van der Waals surface area contributed by atoms with Crippen LogP contribution in [0.25, 0.3) is 0 Å². The summed E-state index contributed by atoms with van der Waals surface area (Å²) in [6.07, 6.45) is 10.4. The van der Waals surface area contributed by atoms with Crippen molar-refractivity contribution in [2.24, 2.45) is 5.92 Å². The van der Waals surface area contributed by atoms with E-state index >= 15 is 0 Å². The quantitative estimate of drug-likeness (QED) is 0.340. The van der Waals surface area contributed by atoms with Crippen LogP contribution in [0.2, 0.25) is 0 Å². The molecule has 2 atom stereocenters. The lowest BCUT2D eigenvalue weighted by molar-refractivity contribution is 0.439. The minimum atomic E-state index is 0.234. The summed E-state index contributed by atoms with van der Waals surface area (Å²) in [4.78, 5) is 2.39. The zero-order valence-corrected chi connectivity index (χ0v) is 21.5. The molecule has 0 aromatic heterocycles. The van der Waals surface area contributed by atoms with Crippen molar-refractivity contribution in [3.8, 4) is 0 Å². The fourth-order valence-corrected chi connectivity index (χ4v) is 5.32. The number of anilines is 2. The third-order valence-corrected chi connectivity index (χ3v) is 7.89. The third-order valence-electron chi connectivity index (χ3n) is 7.89. The standard InChI is InChI=1S/C31H43N/c1-9-14-24-21-29(24)25-19-22(6)30(23(7)20-25)32(27(10-2)11-3)28-17-15-26(16-18-28)31(8,12-4)13-5/h10-11,15-20,24,29H,2,9,12-14,21H2,1,3-8H3/b27-11+. The second kappa shape index (κ2) is 10.1. The molecule has 2 aromatic carbocycles. The van der Waals surface area contributed by atoms with Gasteiger partial charge in [0.2, 0.25) is 0 Å². The fourth-order valence-electron chi connectivity index (χ4n) is 5.32. The summed E-state index contributed by atoms with van der Waals surface area (Å²) in [5.74, 6) is 1.65. The van der Waals surface area contributed by atoms with Gasteiger partial charge in [-0.25, -0.2) is 0 Å². The van der Waals surface area contributed by atoms with E-state index in [0.717, 1.165) is 30.4 Å². The van der Waals surface area contributed by atoms with E-state index in [4.69, 9.17) is 0 Å². The van der Waals surface area contributed by atoms with Crippen LogP contribution in [0.5, 0.6) is 0 Å². The molecule has 0 bridgehead atoms. The van der Waals surface area contributed by atoms with E-state index in [-0.39, 0.29) is 5.41 Å². The molecule has 0 aliphatic heterocycles. The minimum absolute atomic E-state index is 0.234. The van der Waals surface area contributed by atoms with E-state index in [1.54, 1.807) is 0 Å². The van der Waals surface area contributed by atoms with Crippen LogP contribution in [-0.2, 0) is 5.41 Å². The normalized spacial score (nSPS) is 18.5. The van der Waals surface area contributed by atoms with Crippen LogP contribution >= 0.6 is 0 Å². The fraction of sp³-hybridized carbons (Fsp3) is 0.484. The zero-order valence-electron chi connectivity index (χ0n) is 21.5. The van der Waals surface area contributed by atoms with Gasteiger partial charge in [0.15, 0.2) is 0 Å². The Kier molecular flexibility index (Phi) is 7.70. The lowest BCUT2D eigenvalue weighted by atomic mass is 9.78. The number of rotatable bonds is 10. The van der Waals surface area contributed by atoms with Crippen molar-refractivity contribution in [2.75, 3.05) is 4.90 Å². The molecule has 172 valence electrons. The molecule has 32 heavy (non-hydrogen) atoms. The Labute approximate surface area is 197 Å². The summed E-state index contributed by atoms with van der Waals surface area (Å²) < 4.78 is 0. The summed E-state index contributed by atoms with van der Waals surface area (Å²) in [5, 5.41) is 0. The smallest absolute Gasteiger partial charge is 0.0520 e. The molecule has 0 radical (unpaired) electrons. The van der Waals surface area contributed by atoms with Gasteiger partial charge in [0.05, 0.1) is 5.69 Å². The maximum atomic E-state index is 4.12. The van der Waals surface area contributed by atoms with Crippen LogP contribution in [0.15, 0.2) is 60.8 Å². The van der Waals surface area contributed by atoms with Crippen molar-refractivity contribution in [1.82, 2.24) is 0 Å². The molecular weight excluding hydrogens is 386 g/mol. The molecule has 1 aliphatic rings. The Balaban J connectivity index is 2.03. The highest BCUT2D eigenvalue weighted by Gasteiger charge is 2.37. The first kappa shape index (κ1) is 24.4. The van der Waals surface area contributed by atoms with Crippen molar-refractivity contribution in [3.05, 3.63) is 83.1 Å². The Morgan fingerprint density at radius 3 is 2.12 bits per heavy atom. The maximum Gasteiger partial charge on any atom is 0.0520 e. The van der Waals surface area contributed by atoms with Crippen molar-refractivity contribution in [1.29, 1.82) is 0 Å². The number of hydrogen-bond donors (Lipinski definition) is 0. The average Bonchev–Trinajstić information content (AvgIpc) is 3.57. The van der Waals surface area contributed by atoms with E-state index in [2.05, 4.69) is 102 Å². The van der Waals surface area contributed by atoms with Gasteiger partial charge in [0.25, 0.3) is 0 Å². The van der Waals surface area contributed by atoms with Gasteiger partial charge in [-0.2, -0.15) is 0 Å². The molecule has 0 N–H and O–H groups in total. The van der Waals surface area contributed by atoms with E-state index in [1.165, 1.54) is 52.9 Å². The number of benzene rings is 2. The number of hydrogen-bond acceptors (Lipinski definition) is 1. The van der Waals surface area contributed by atoms with E-state index in [9.17, 15) is 0 Å². The highest BCUT2D eigenvalue weighted by atomic mass is 15.1. The van der Waals surface area contributed by atoms with Crippen molar-refractivity contribution in [2.45, 2.75) is 91.9 Å². The first-order valence-electron chi connectivity index (χ1n) is 12.6. The zero-order chi connectivity index (χ0) is 23.5. The molecule has 0 saturated heterocycles. The molecule has 1 heteroatoms. The molecule has 2 unspecified atom stereocenters. The second-order valence-electron chi connectivity index (χ2n) is 9.96. The largest absolute Gasteiger partial charge is 0.310 e. The Hall–Kier alpha value is -2.28. The summed E-state index contributed by atoms with van der Waals surface area (Å²) in [6, 6.07) is 14.1. The lowest BCUT2D eigenvalue weighted by Crippen LogP contribution is -2.20. The van der Waals surface area contributed by atoms with Gasteiger partial charge in [-0.15, -0.1) is 0 Å². The highest BCUT2D eigenvalue weighted by molar-refractivity contribution is 5.75. The van der Waals surface area contributed by atoms with Crippen molar-refractivity contribution in [3.63, 3.8) is 0 Å². The topological polar surface area (TPSA) is 3.24 Å². The van der Waals surface area contributed by atoms with Crippen LogP contribution in [0, 0.1) is 19.8 Å². The Bertz CT molecular complexity index is 935. The molecule has 1 aliphatic carbocycles. The van der Waals surface area contributed by atoms with Gasteiger partial charge in [0, 0.05) is 11.4 Å². The van der Waals surface area contributed by atoms with Crippen molar-refractivity contribution < 1.29 is 0 Å². The minimum Gasteiger partial charge on any atom is -0.310 e. The summed E-state index contributed by atoms with van der Waals surface area (Å²) in [7, 11) is 0. The van der Waals surface area contributed by atoms with Gasteiger partial charge in [-0.05, 0) is 97.7 Å². The molecule has 0 spiro atoms. The molecule has 2 aromatic rings. The van der Waals surface area contributed by atoms with E-state index < -0.39 is 0 Å². The van der Waals surface area contributed by atoms with Gasteiger partial charge in [-0.3, -0.25) is 0 Å². The van der Waals surface area contributed by atoms with Crippen LogP contribution in [0.3, 0.4) is 0 Å². The van der Waals surface area contributed by atoms with Gasteiger partial charge in [-0.1, -0.05) is 77.5 Å². The molecule has 3 rings (SSSR count).